The molecule has 1 aliphatic carbocycles. The molecule has 2 N–H and O–H groups in total. The maximum absolute atomic E-state index is 13.3. The largest absolute Gasteiger partial charge is 0.382 e. The number of carbonyl (C=O) groups is 1. The molecule has 1 amide bonds. The van der Waals surface area contributed by atoms with Crippen molar-refractivity contribution in [1.29, 1.82) is 0 Å². The van der Waals surface area contributed by atoms with Crippen LogP contribution in [0.1, 0.15) is 53.9 Å². The van der Waals surface area contributed by atoms with Gasteiger partial charge in [0.05, 0.1) is 13.2 Å². The number of piperidine rings is 1. The smallest absolute Gasteiger partial charge is 0.254 e. The number of ether oxygens (including phenoxy) is 1. The van der Waals surface area contributed by atoms with E-state index in [0.29, 0.717) is 43.7 Å². The van der Waals surface area contributed by atoms with Gasteiger partial charge in [0.15, 0.2) is 0 Å². The Bertz CT molecular complexity index is 754. The fraction of sp³-hybridized carbons (Fsp3) is 0.708. The van der Waals surface area contributed by atoms with Gasteiger partial charge in [-0.3, -0.25) is 4.79 Å². The van der Waals surface area contributed by atoms with Crippen molar-refractivity contribution in [2.24, 2.45) is 5.41 Å². The first kappa shape index (κ1) is 20.3. The van der Waals surface area contributed by atoms with E-state index in [2.05, 4.69) is 40.8 Å². The first-order valence-corrected chi connectivity index (χ1v) is 11.8. The minimum atomic E-state index is 0.179. The van der Waals surface area contributed by atoms with Crippen LogP contribution in [0, 0.1) is 5.41 Å². The van der Waals surface area contributed by atoms with Crippen LogP contribution in [0.15, 0.2) is 18.2 Å². The third kappa shape index (κ3) is 4.10. The monoisotopic (exact) mass is 412 g/mol. The zero-order valence-corrected chi connectivity index (χ0v) is 18.3. The van der Waals surface area contributed by atoms with Gasteiger partial charge in [0.2, 0.25) is 0 Å². The highest BCUT2D eigenvalue weighted by molar-refractivity contribution is 5.96. The Kier molecular flexibility index (Phi) is 5.73. The molecule has 0 radical (unpaired) electrons. The van der Waals surface area contributed by atoms with Crippen molar-refractivity contribution in [2.75, 3.05) is 64.8 Å². The van der Waals surface area contributed by atoms with Gasteiger partial charge >= 0.3 is 0 Å². The number of carbonyl (C=O) groups excluding carboxylic acids is 1. The Balaban J connectivity index is 1.34. The van der Waals surface area contributed by atoms with Crippen LogP contribution in [0.2, 0.25) is 0 Å². The maximum atomic E-state index is 13.3. The van der Waals surface area contributed by atoms with E-state index < -0.39 is 0 Å². The van der Waals surface area contributed by atoms with Crippen LogP contribution in [0.5, 0.6) is 0 Å². The molecule has 1 aromatic carbocycles. The molecule has 5 rings (SSSR count). The van der Waals surface area contributed by atoms with Gasteiger partial charge < -0.3 is 25.2 Å². The molecule has 1 spiro atoms. The van der Waals surface area contributed by atoms with Gasteiger partial charge in [0.25, 0.3) is 5.91 Å². The molecule has 0 atom stereocenters. The summed E-state index contributed by atoms with van der Waals surface area (Å²) < 4.78 is 5.45. The molecule has 0 bridgehead atoms. The summed E-state index contributed by atoms with van der Waals surface area (Å²) in [4.78, 5) is 17.7. The molecule has 164 valence electrons. The van der Waals surface area contributed by atoms with Gasteiger partial charge in [-0.05, 0) is 93.9 Å². The summed E-state index contributed by atoms with van der Waals surface area (Å²) in [5, 5.41) is 7.30. The number of hydrogen-bond donors (Lipinski definition) is 2. The summed E-state index contributed by atoms with van der Waals surface area (Å²) in [6.45, 7) is 7.25. The van der Waals surface area contributed by atoms with Gasteiger partial charge in [-0.15, -0.1) is 0 Å². The highest BCUT2D eigenvalue weighted by Crippen LogP contribution is 2.47. The third-order valence-electron chi connectivity index (χ3n) is 7.80. The average Bonchev–Trinajstić information content (AvgIpc) is 3.24. The van der Waals surface area contributed by atoms with Crippen LogP contribution in [-0.2, 0) is 4.74 Å². The van der Waals surface area contributed by atoms with E-state index >= 15 is 0 Å². The number of anilines is 1. The SMILES string of the molecule is CN1CCC(c2cc(NC3CC4(CCNC4)C3)ccc2C(=O)N2CCOCC2)CC1. The Morgan fingerprint density at radius 2 is 1.93 bits per heavy atom. The predicted molar refractivity (Wildman–Crippen MR) is 119 cm³/mol. The molecule has 3 saturated heterocycles. The highest BCUT2D eigenvalue weighted by Gasteiger charge is 2.45. The number of likely N-dealkylation sites (tertiary alicyclic amines) is 1. The Morgan fingerprint density at radius 1 is 1.17 bits per heavy atom. The number of amides is 1. The lowest BCUT2D eigenvalue weighted by atomic mass is 9.65. The number of hydrogen-bond acceptors (Lipinski definition) is 5. The number of nitrogens with one attached hydrogen (secondary N) is 2. The first-order chi connectivity index (χ1) is 14.6. The first-order valence-electron chi connectivity index (χ1n) is 11.8. The van der Waals surface area contributed by atoms with E-state index in [9.17, 15) is 4.79 Å². The molecule has 6 heteroatoms. The quantitative estimate of drug-likeness (QED) is 0.796. The predicted octanol–water partition coefficient (Wildman–Crippen LogP) is 2.52. The van der Waals surface area contributed by atoms with Crippen LogP contribution in [0.25, 0.3) is 0 Å². The molecule has 3 heterocycles. The molecule has 1 aromatic rings. The fourth-order valence-corrected chi connectivity index (χ4v) is 5.91. The van der Waals surface area contributed by atoms with Crippen molar-refractivity contribution in [3.05, 3.63) is 29.3 Å². The maximum Gasteiger partial charge on any atom is 0.254 e. The van der Waals surface area contributed by atoms with Crippen LogP contribution in [0.4, 0.5) is 5.69 Å². The second-order valence-electron chi connectivity index (χ2n) is 9.96. The average molecular weight is 413 g/mol. The summed E-state index contributed by atoms with van der Waals surface area (Å²) in [7, 11) is 2.19. The van der Waals surface area contributed by atoms with Crippen LogP contribution in [-0.4, -0.2) is 81.3 Å². The van der Waals surface area contributed by atoms with Gasteiger partial charge in [0, 0.05) is 36.9 Å². The van der Waals surface area contributed by atoms with Gasteiger partial charge in [-0.2, -0.15) is 0 Å². The lowest BCUT2D eigenvalue weighted by molar-refractivity contribution is 0.0301. The normalized spacial score (nSPS) is 30.4. The number of nitrogens with zero attached hydrogens (tertiary/aromatic N) is 2. The van der Waals surface area contributed by atoms with Gasteiger partial charge in [-0.25, -0.2) is 0 Å². The fourth-order valence-electron chi connectivity index (χ4n) is 5.91. The molecular formula is C24H36N4O2. The zero-order valence-electron chi connectivity index (χ0n) is 18.3. The van der Waals surface area contributed by atoms with E-state index in [1.807, 2.05) is 4.90 Å². The molecule has 4 fully saturated rings. The molecule has 0 unspecified atom stereocenters. The summed E-state index contributed by atoms with van der Waals surface area (Å²) >= 11 is 0. The van der Waals surface area contributed by atoms with Crippen molar-refractivity contribution in [2.45, 2.75) is 44.1 Å². The van der Waals surface area contributed by atoms with E-state index in [1.54, 1.807) is 0 Å². The standard InChI is InChI=1S/C24H36N4O2/c1-27-8-4-18(5-9-27)22-14-19(26-20-15-24(16-20)6-7-25-17-24)2-3-21(22)23(29)28-10-12-30-13-11-28/h2-3,14,18,20,25-26H,4-13,15-17H2,1H3. The second-order valence-corrected chi connectivity index (χ2v) is 9.96. The van der Waals surface area contributed by atoms with E-state index in [0.717, 1.165) is 31.5 Å². The Hall–Kier alpha value is -1.63. The number of morpholine rings is 1. The van der Waals surface area contributed by atoms with E-state index in [-0.39, 0.29) is 5.91 Å². The highest BCUT2D eigenvalue weighted by atomic mass is 16.5. The summed E-state index contributed by atoms with van der Waals surface area (Å²) in [5.41, 5.74) is 3.89. The third-order valence-corrected chi connectivity index (χ3v) is 7.80. The minimum Gasteiger partial charge on any atom is -0.382 e. The van der Waals surface area contributed by atoms with Gasteiger partial charge in [-0.1, -0.05) is 0 Å². The molecule has 6 nitrogen and oxygen atoms in total. The van der Waals surface area contributed by atoms with Crippen molar-refractivity contribution in [3.63, 3.8) is 0 Å². The Labute approximate surface area is 180 Å². The van der Waals surface area contributed by atoms with Crippen LogP contribution >= 0.6 is 0 Å². The van der Waals surface area contributed by atoms with Crippen molar-refractivity contribution in [3.8, 4) is 0 Å². The van der Waals surface area contributed by atoms with E-state index in [1.165, 1.54) is 43.6 Å². The molecule has 0 aromatic heterocycles. The zero-order chi connectivity index (χ0) is 20.6. The lowest BCUT2D eigenvalue weighted by Crippen LogP contribution is -2.46. The lowest BCUT2D eigenvalue weighted by Gasteiger charge is -2.45. The van der Waals surface area contributed by atoms with Gasteiger partial charge in [0.1, 0.15) is 0 Å². The Morgan fingerprint density at radius 3 is 2.63 bits per heavy atom. The number of rotatable bonds is 4. The topological polar surface area (TPSA) is 56.8 Å². The summed E-state index contributed by atoms with van der Waals surface area (Å²) in [6.07, 6.45) is 6.10. The second kappa shape index (κ2) is 8.48. The van der Waals surface area contributed by atoms with Crippen LogP contribution < -0.4 is 10.6 Å². The summed E-state index contributed by atoms with van der Waals surface area (Å²) in [5.74, 6) is 0.646. The van der Waals surface area contributed by atoms with Crippen molar-refractivity contribution in [1.82, 2.24) is 15.1 Å². The number of benzene rings is 1. The van der Waals surface area contributed by atoms with Crippen LogP contribution in [0.3, 0.4) is 0 Å². The summed E-state index contributed by atoms with van der Waals surface area (Å²) in [6, 6.07) is 7.07. The van der Waals surface area contributed by atoms with Crippen molar-refractivity contribution < 1.29 is 9.53 Å². The van der Waals surface area contributed by atoms with E-state index in [4.69, 9.17) is 4.74 Å². The minimum absolute atomic E-state index is 0.179. The molecule has 30 heavy (non-hydrogen) atoms. The molecule has 1 saturated carbocycles. The molecule has 4 aliphatic rings. The molecule has 3 aliphatic heterocycles. The van der Waals surface area contributed by atoms with Crippen molar-refractivity contribution >= 4 is 11.6 Å². The molecular weight excluding hydrogens is 376 g/mol.